The van der Waals surface area contributed by atoms with Gasteiger partial charge in [-0.15, -0.1) is 0 Å². The molecular weight excluding hydrogens is 251 g/mol. The van der Waals surface area contributed by atoms with Gasteiger partial charge in [0.05, 0.1) is 0 Å². The van der Waals surface area contributed by atoms with E-state index in [4.69, 9.17) is 4.74 Å². The van der Waals surface area contributed by atoms with Crippen molar-refractivity contribution in [2.24, 2.45) is 0 Å². The van der Waals surface area contributed by atoms with Gasteiger partial charge in [0.1, 0.15) is 5.75 Å². The summed E-state index contributed by atoms with van der Waals surface area (Å²) in [5, 5.41) is 0. The third-order valence-corrected chi connectivity index (χ3v) is 2.98. The van der Waals surface area contributed by atoms with Gasteiger partial charge in [0.25, 0.3) is 0 Å². The van der Waals surface area contributed by atoms with Gasteiger partial charge in [0.2, 0.25) is 0 Å². The second-order valence-electron chi connectivity index (χ2n) is 4.16. The average molecular weight is 264 g/mol. The molecule has 1 unspecified atom stereocenters. The molecule has 86 valence electrons. The Bertz CT molecular complexity index is 557. The molecule has 0 aromatic heterocycles. The molecular formula is C15H13KO2. The SMILES string of the molecule is O=C1Cc2ccccc2OC1c1ccccc1.[H-].[K+]. The number of ether oxygens (including phenoxy) is 1. The molecule has 1 aliphatic rings. The van der Waals surface area contributed by atoms with E-state index in [0.29, 0.717) is 6.42 Å². The van der Waals surface area contributed by atoms with Gasteiger partial charge < -0.3 is 6.16 Å². The first-order valence-electron chi connectivity index (χ1n) is 5.67. The predicted molar refractivity (Wildman–Crippen MR) is 66.1 cm³/mol. The fourth-order valence-corrected chi connectivity index (χ4v) is 2.12. The van der Waals surface area contributed by atoms with Gasteiger partial charge in [-0.1, -0.05) is 48.5 Å². The Morgan fingerprint density at radius 2 is 1.67 bits per heavy atom. The van der Waals surface area contributed by atoms with Gasteiger partial charge in [-0.25, -0.2) is 0 Å². The molecule has 0 N–H and O–H groups in total. The molecule has 0 spiro atoms. The van der Waals surface area contributed by atoms with Gasteiger partial charge in [-0.2, -0.15) is 0 Å². The van der Waals surface area contributed by atoms with E-state index in [1.165, 1.54) is 0 Å². The van der Waals surface area contributed by atoms with Gasteiger partial charge in [0.15, 0.2) is 11.9 Å². The summed E-state index contributed by atoms with van der Waals surface area (Å²) in [5.41, 5.74) is 1.90. The Labute approximate surface area is 150 Å². The van der Waals surface area contributed by atoms with E-state index in [2.05, 4.69) is 0 Å². The van der Waals surface area contributed by atoms with E-state index in [1.54, 1.807) is 0 Å². The van der Waals surface area contributed by atoms with Crippen molar-refractivity contribution in [2.45, 2.75) is 12.5 Å². The zero-order valence-corrected chi connectivity index (χ0v) is 13.4. The number of carbonyl (C=O) groups excluding carboxylic acids is 1. The maximum Gasteiger partial charge on any atom is 1.00 e. The van der Waals surface area contributed by atoms with Crippen LogP contribution in [-0.4, -0.2) is 5.78 Å². The average Bonchev–Trinajstić information content (AvgIpc) is 2.39. The molecule has 0 bridgehead atoms. The van der Waals surface area contributed by atoms with Crippen LogP contribution in [0.1, 0.15) is 18.7 Å². The zero-order chi connectivity index (χ0) is 11.7. The first-order chi connectivity index (χ1) is 8.34. The molecule has 1 heterocycles. The number of Topliss-reactive ketones (excluding diaryl/α,β-unsaturated/α-hetero) is 1. The number of carbonyl (C=O) groups is 1. The van der Waals surface area contributed by atoms with Crippen molar-refractivity contribution in [3.63, 3.8) is 0 Å². The second kappa shape index (κ2) is 6.13. The second-order valence-corrected chi connectivity index (χ2v) is 4.16. The van der Waals surface area contributed by atoms with Crippen LogP contribution in [0.25, 0.3) is 0 Å². The largest absolute Gasteiger partial charge is 1.00 e. The normalized spacial score (nSPS) is 17.3. The van der Waals surface area contributed by atoms with Gasteiger partial charge in [-0.05, 0) is 11.6 Å². The molecule has 0 saturated heterocycles. The summed E-state index contributed by atoms with van der Waals surface area (Å²) in [6.07, 6.45) is 0.00142. The standard InChI is InChI=1S/C15H12O2.K.H/c16-13-10-12-8-4-5-9-14(12)17-15(13)11-6-2-1-3-7-11;;/h1-9,15H,10H2;;/q;+1;-1. The van der Waals surface area contributed by atoms with Crippen molar-refractivity contribution in [2.75, 3.05) is 0 Å². The topological polar surface area (TPSA) is 26.3 Å². The van der Waals surface area contributed by atoms with Crippen molar-refractivity contribution in [1.29, 1.82) is 0 Å². The number of ketones is 1. The van der Waals surface area contributed by atoms with Crippen molar-refractivity contribution < 1.29 is 62.3 Å². The summed E-state index contributed by atoms with van der Waals surface area (Å²) < 4.78 is 5.78. The van der Waals surface area contributed by atoms with Crippen molar-refractivity contribution in [3.05, 3.63) is 65.7 Å². The molecule has 2 aromatic carbocycles. The van der Waals surface area contributed by atoms with Crippen LogP contribution in [0.2, 0.25) is 0 Å². The third kappa shape index (κ3) is 2.76. The predicted octanol–water partition coefficient (Wildman–Crippen LogP) is 0.0484. The van der Waals surface area contributed by atoms with Crippen LogP contribution in [0.4, 0.5) is 0 Å². The van der Waals surface area contributed by atoms with E-state index in [9.17, 15) is 4.79 Å². The Hall–Kier alpha value is -0.454. The quantitative estimate of drug-likeness (QED) is 0.680. The van der Waals surface area contributed by atoms with E-state index in [-0.39, 0.29) is 58.6 Å². The summed E-state index contributed by atoms with van der Waals surface area (Å²) in [4.78, 5) is 12.0. The smallest absolute Gasteiger partial charge is 1.00 e. The van der Waals surface area contributed by atoms with Crippen LogP contribution < -0.4 is 56.1 Å². The first-order valence-corrected chi connectivity index (χ1v) is 5.67. The van der Waals surface area contributed by atoms with Crippen molar-refractivity contribution >= 4 is 5.78 Å². The molecule has 0 amide bonds. The number of hydrogen-bond acceptors (Lipinski definition) is 2. The van der Waals surface area contributed by atoms with Crippen LogP contribution in [0.5, 0.6) is 5.75 Å². The number of hydrogen-bond donors (Lipinski definition) is 0. The van der Waals surface area contributed by atoms with Crippen LogP contribution >= 0.6 is 0 Å². The first kappa shape index (κ1) is 14.0. The van der Waals surface area contributed by atoms with Crippen molar-refractivity contribution in [3.8, 4) is 5.75 Å². The Kier molecular flexibility index (Phi) is 4.75. The minimum absolute atomic E-state index is 0. The Balaban J connectivity index is 0.000000902. The van der Waals surface area contributed by atoms with Gasteiger partial charge >= 0.3 is 51.4 Å². The number of fused-ring (bicyclic) bond motifs is 1. The number of rotatable bonds is 1. The maximum absolute atomic E-state index is 12.0. The Morgan fingerprint density at radius 3 is 2.44 bits per heavy atom. The maximum atomic E-state index is 12.0. The molecule has 0 saturated carbocycles. The molecule has 18 heavy (non-hydrogen) atoms. The molecule has 2 nitrogen and oxygen atoms in total. The number of para-hydroxylation sites is 1. The molecule has 3 heteroatoms. The fraction of sp³-hybridized carbons (Fsp3) is 0.133. The number of benzene rings is 2. The summed E-state index contributed by atoms with van der Waals surface area (Å²) in [6, 6.07) is 17.3. The molecule has 0 fully saturated rings. The fourth-order valence-electron chi connectivity index (χ4n) is 2.12. The molecule has 0 radical (unpaired) electrons. The Morgan fingerprint density at radius 1 is 1.00 bits per heavy atom. The van der Waals surface area contributed by atoms with Crippen molar-refractivity contribution in [1.82, 2.24) is 0 Å². The van der Waals surface area contributed by atoms with Crippen LogP contribution in [0.3, 0.4) is 0 Å². The van der Waals surface area contributed by atoms with E-state index < -0.39 is 6.10 Å². The van der Waals surface area contributed by atoms with Crippen LogP contribution in [0, 0.1) is 0 Å². The van der Waals surface area contributed by atoms with Crippen LogP contribution in [-0.2, 0) is 11.2 Å². The van der Waals surface area contributed by atoms with E-state index in [1.807, 2.05) is 54.6 Å². The molecule has 0 aliphatic carbocycles. The molecule has 1 atom stereocenters. The zero-order valence-electron chi connectivity index (χ0n) is 11.3. The summed E-state index contributed by atoms with van der Waals surface area (Å²) in [6.45, 7) is 0. The summed E-state index contributed by atoms with van der Waals surface area (Å²) >= 11 is 0. The summed E-state index contributed by atoms with van der Waals surface area (Å²) in [5.74, 6) is 0.941. The third-order valence-electron chi connectivity index (χ3n) is 2.98. The minimum atomic E-state index is -0.453. The molecule has 3 rings (SSSR count). The van der Waals surface area contributed by atoms with Crippen LogP contribution in [0.15, 0.2) is 54.6 Å². The molecule has 1 aliphatic heterocycles. The summed E-state index contributed by atoms with van der Waals surface area (Å²) in [7, 11) is 0. The minimum Gasteiger partial charge on any atom is -1.00 e. The van der Waals surface area contributed by atoms with Gasteiger partial charge in [0, 0.05) is 12.0 Å². The van der Waals surface area contributed by atoms with E-state index in [0.717, 1.165) is 16.9 Å². The monoisotopic (exact) mass is 264 g/mol. The molecule has 2 aromatic rings. The van der Waals surface area contributed by atoms with Gasteiger partial charge in [-0.3, -0.25) is 4.79 Å². The van der Waals surface area contributed by atoms with E-state index >= 15 is 0 Å².